The van der Waals surface area contributed by atoms with Crippen LogP contribution in [0, 0.1) is 0 Å². The van der Waals surface area contributed by atoms with Gasteiger partial charge < -0.3 is 15.4 Å². The Balaban J connectivity index is 2.14. The Hall–Kier alpha value is -1.59. The van der Waals surface area contributed by atoms with Crippen LogP contribution in [0.4, 0.5) is 5.69 Å². The zero-order chi connectivity index (χ0) is 13.8. The molecule has 0 aromatic heterocycles. The van der Waals surface area contributed by atoms with E-state index in [9.17, 15) is 9.59 Å². The summed E-state index contributed by atoms with van der Waals surface area (Å²) in [4.78, 5) is 23.4. The molecule has 1 atom stereocenters. The number of carbonyl (C=O) groups excluding carboxylic acids is 2. The Labute approximate surface area is 116 Å². The van der Waals surface area contributed by atoms with Gasteiger partial charge >= 0.3 is 5.97 Å². The topological polar surface area (TPSA) is 67.4 Å². The summed E-state index contributed by atoms with van der Waals surface area (Å²) in [5.41, 5.74) is 0.768. The van der Waals surface area contributed by atoms with Crippen LogP contribution in [0.2, 0.25) is 5.02 Å². The van der Waals surface area contributed by atoms with Gasteiger partial charge in [0.15, 0.2) is 0 Å². The third-order valence-electron chi connectivity index (χ3n) is 3.02. The number of ether oxygens (including phenoxy) is 1. The fraction of sp³-hybridized carbons (Fsp3) is 0.385. The minimum Gasteiger partial charge on any atom is -0.465 e. The van der Waals surface area contributed by atoms with Crippen LogP contribution in [0.25, 0.3) is 0 Å². The second kappa shape index (κ2) is 6.04. The van der Waals surface area contributed by atoms with Gasteiger partial charge in [0.1, 0.15) is 0 Å². The molecule has 1 heterocycles. The van der Waals surface area contributed by atoms with Crippen molar-refractivity contribution in [3.05, 3.63) is 28.8 Å². The number of esters is 1. The average Bonchev–Trinajstić information content (AvgIpc) is 2.94. The normalized spacial score (nSPS) is 18.1. The van der Waals surface area contributed by atoms with Gasteiger partial charge in [0, 0.05) is 0 Å². The van der Waals surface area contributed by atoms with Gasteiger partial charge in [0.25, 0.3) is 0 Å². The maximum absolute atomic E-state index is 12.0. The molecule has 1 aromatic carbocycles. The number of anilines is 1. The van der Waals surface area contributed by atoms with E-state index in [0.29, 0.717) is 16.3 Å². The molecule has 6 heteroatoms. The number of halogens is 1. The first-order valence-electron chi connectivity index (χ1n) is 6.04. The number of rotatable bonds is 3. The molecule has 2 N–H and O–H groups in total. The highest BCUT2D eigenvalue weighted by molar-refractivity contribution is 6.34. The molecule has 1 fully saturated rings. The first-order chi connectivity index (χ1) is 9.11. The number of carbonyl (C=O) groups is 2. The second-order valence-electron chi connectivity index (χ2n) is 4.32. The van der Waals surface area contributed by atoms with Crippen molar-refractivity contribution in [2.75, 3.05) is 19.0 Å². The molecule has 0 aliphatic carbocycles. The van der Waals surface area contributed by atoms with E-state index in [0.717, 1.165) is 19.4 Å². The lowest BCUT2D eigenvalue weighted by molar-refractivity contribution is -0.117. The van der Waals surface area contributed by atoms with Crippen LogP contribution in [-0.4, -0.2) is 31.6 Å². The number of methoxy groups -OCH3 is 1. The molecule has 1 saturated heterocycles. The summed E-state index contributed by atoms with van der Waals surface area (Å²) < 4.78 is 4.63. The first-order valence-corrected chi connectivity index (χ1v) is 6.41. The molecule has 1 aliphatic heterocycles. The third kappa shape index (κ3) is 3.24. The number of benzene rings is 1. The van der Waals surface area contributed by atoms with Crippen molar-refractivity contribution < 1.29 is 14.3 Å². The molecular formula is C13H15ClN2O3. The van der Waals surface area contributed by atoms with Crippen molar-refractivity contribution >= 4 is 29.2 Å². The Morgan fingerprint density at radius 3 is 2.89 bits per heavy atom. The van der Waals surface area contributed by atoms with Gasteiger partial charge in [-0.1, -0.05) is 11.6 Å². The zero-order valence-electron chi connectivity index (χ0n) is 10.5. The standard InChI is InChI=1S/C13H15ClN2O3/c1-19-13(18)8-4-5-9(14)11(7-8)16-12(17)10-3-2-6-15-10/h4-5,7,10,15H,2-3,6H2,1H3,(H,16,17)/t10-/m1/s1. The minimum atomic E-state index is -0.467. The van der Waals surface area contributed by atoms with Gasteiger partial charge in [0.2, 0.25) is 5.91 Å². The number of nitrogens with one attached hydrogen (secondary N) is 2. The zero-order valence-corrected chi connectivity index (χ0v) is 11.3. The molecule has 0 bridgehead atoms. The summed E-state index contributed by atoms with van der Waals surface area (Å²) in [5.74, 6) is -0.604. The lowest BCUT2D eigenvalue weighted by Gasteiger charge is -2.13. The average molecular weight is 283 g/mol. The van der Waals surface area contributed by atoms with E-state index in [1.807, 2.05) is 0 Å². The van der Waals surface area contributed by atoms with Crippen molar-refractivity contribution in [1.29, 1.82) is 0 Å². The third-order valence-corrected chi connectivity index (χ3v) is 3.35. The van der Waals surface area contributed by atoms with Gasteiger partial charge in [0.05, 0.1) is 29.4 Å². The van der Waals surface area contributed by atoms with Crippen molar-refractivity contribution in [3.8, 4) is 0 Å². The molecule has 0 spiro atoms. The summed E-state index contributed by atoms with van der Waals surface area (Å²) >= 11 is 6.01. The van der Waals surface area contributed by atoms with Crippen LogP contribution in [-0.2, 0) is 9.53 Å². The highest BCUT2D eigenvalue weighted by Gasteiger charge is 2.22. The molecule has 2 rings (SSSR count). The van der Waals surface area contributed by atoms with Crippen LogP contribution >= 0.6 is 11.6 Å². The van der Waals surface area contributed by atoms with E-state index in [2.05, 4.69) is 15.4 Å². The molecule has 1 aromatic rings. The van der Waals surface area contributed by atoms with Crippen molar-refractivity contribution in [3.63, 3.8) is 0 Å². The first kappa shape index (κ1) is 13.8. The van der Waals surface area contributed by atoms with Crippen LogP contribution < -0.4 is 10.6 Å². The molecule has 102 valence electrons. The summed E-state index contributed by atoms with van der Waals surface area (Å²) in [7, 11) is 1.30. The maximum atomic E-state index is 12.0. The predicted molar refractivity (Wildman–Crippen MR) is 72.4 cm³/mol. The molecule has 1 amide bonds. The number of hydrogen-bond acceptors (Lipinski definition) is 4. The molecule has 0 radical (unpaired) electrons. The Morgan fingerprint density at radius 2 is 2.26 bits per heavy atom. The molecule has 0 saturated carbocycles. The lowest BCUT2D eigenvalue weighted by Crippen LogP contribution is -2.35. The molecular weight excluding hydrogens is 268 g/mol. The van der Waals surface area contributed by atoms with Crippen molar-refractivity contribution in [2.24, 2.45) is 0 Å². The predicted octanol–water partition coefficient (Wildman–Crippen LogP) is 1.82. The van der Waals surface area contributed by atoms with E-state index < -0.39 is 5.97 Å². The number of amides is 1. The van der Waals surface area contributed by atoms with E-state index in [1.54, 1.807) is 12.1 Å². The van der Waals surface area contributed by atoms with E-state index in [-0.39, 0.29) is 11.9 Å². The molecule has 0 unspecified atom stereocenters. The van der Waals surface area contributed by atoms with Gasteiger partial charge in [-0.05, 0) is 37.6 Å². The monoisotopic (exact) mass is 282 g/mol. The Bertz CT molecular complexity index is 499. The van der Waals surface area contributed by atoms with E-state index in [4.69, 9.17) is 11.6 Å². The van der Waals surface area contributed by atoms with Crippen molar-refractivity contribution in [1.82, 2.24) is 5.32 Å². The second-order valence-corrected chi connectivity index (χ2v) is 4.73. The highest BCUT2D eigenvalue weighted by Crippen LogP contribution is 2.24. The fourth-order valence-corrected chi connectivity index (χ4v) is 2.16. The van der Waals surface area contributed by atoms with Crippen LogP contribution in [0.1, 0.15) is 23.2 Å². The highest BCUT2D eigenvalue weighted by atomic mass is 35.5. The van der Waals surface area contributed by atoms with E-state index >= 15 is 0 Å². The number of hydrogen-bond donors (Lipinski definition) is 2. The van der Waals surface area contributed by atoms with Crippen LogP contribution in [0.3, 0.4) is 0 Å². The summed E-state index contributed by atoms with van der Waals surface area (Å²) in [5, 5.41) is 6.22. The molecule has 1 aliphatic rings. The van der Waals surface area contributed by atoms with Crippen LogP contribution in [0.15, 0.2) is 18.2 Å². The van der Waals surface area contributed by atoms with Gasteiger partial charge in [-0.2, -0.15) is 0 Å². The summed E-state index contributed by atoms with van der Waals surface area (Å²) in [6.45, 7) is 0.841. The van der Waals surface area contributed by atoms with E-state index in [1.165, 1.54) is 13.2 Å². The van der Waals surface area contributed by atoms with Gasteiger partial charge in [-0.15, -0.1) is 0 Å². The fourth-order valence-electron chi connectivity index (χ4n) is 1.99. The minimum absolute atomic E-state index is 0.138. The lowest BCUT2D eigenvalue weighted by atomic mass is 10.1. The van der Waals surface area contributed by atoms with Gasteiger partial charge in [-0.25, -0.2) is 4.79 Å². The van der Waals surface area contributed by atoms with Crippen LogP contribution in [0.5, 0.6) is 0 Å². The Morgan fingerprint density at radius 1 is 1.47 bits per heavy atom. The smallest absolute Gasteiger partial charge is 0.337 e. The summed E-state index contributed by atoms with van der Waals surface area (Å²) in [6, 6.07) is 4.43. The largest absolute Gasteiger partial charge is 0.465 e. The SMILES string of the molecule is COC(=O)c1ccc(Cl)c(NC(=O)[C@H]2CCCN2)c1. The molecule has 5 nitrogen and oxygen atoms in total. The van der Waals surface area contributed by atoms with Crippen molar-refractivity contribution in [2.45, 2.75) is 18.9 Å². The molecule has 19 heavy (non-hydrogen) atoms. The maximum Gasteiger partial charge on any atom is 0.337 e. The summed E-state index contributed by atoms with van der Waals surface area (Å²) in [6.07, 6.45) is 1.79. The van der Waals surface area contributed by atoms with Gasteiger partial charge in [-0.3, -0.25) is 4.79 Å². The quantitative estimate of drug-likeness (QED) is 0.830. The Kier molecular flexibility index (Phi) is 4.39.